The molecule has 1 aromatic carbocycles. The number of nitrogens with zero attached hydrogens (tertiary/aromatic N) is 2. The summed E-state index contributed by atoms with van der Waals surface area (Å²) < 4.78 is 5.79. The number of hydrogen-bond donors (Lipinski definition) is 3. The molecule has 0 saturated heterocycles. The van der Waals surface area contributed by atoms with E-state index in [0.29, 0.717) is 40.2 Å². The van der Waals surface area contributed by atoms with E-state index in [1.807, 2.05) is 18.2 Å². The largest absolute Gasteiger partial charge is 0.461 e. The van der Waals surface area contributed by atoms with E-state index in [1.165, 1.54) is 6.07 Å². The molecular weight excluding hydrogens is 391 g/mol. The molecule has 0 unspecified atom stereocenters. The number of carbonyl (C=O) groups excluding carboxylic acids is 1. The Hall–Kier alpha value is -2.77. The fourth-order valence-corrected chi connectivity index (χ4v) is 2.68. The van der Waals surface area contributed by atoms with E-state index in [9.17, 15) is 4.79 Å². The monoisotopic (exact) mass is 406 g/mol. The third-order valence-electron chi connectivity index (χ3n) is 3.87. The molecule has 0 saturated carbocycles. The van der Waals surface area contributed by atoms with E-state index in [0.717, 1.165) is 11.3 Å². The molecule has 0 aliphatic heterocycles. The zero-order valence-electron chi connectivity index (χ0n) is 14.3. The molecule has 3 rings (SSSR count). The third-order valence-corrected chi connectivity index (χ3v) is 4.60. The number of aromatic nitrogens is 2. The van der Waals surface area contributed by atoms with Gasteiger partial charge >= 0.3 is 0 Å². The Morgan fingerprint density at radius 1 is 1.26 bits per heavy atom. The summed E-state index contributed by atoms with van der Waals surface area (Å²) in [5.41, 5.74) is 1.82. The van der Waals surface area contributed by atoms with Crippen LogP contribution in [0, 0.1) is 0 Å². The molecule has 27 heavy (non-hydrogen) atoms. The number of oxime groups is 1. The molecular formula is C18H16Cl2N4O3. The number of furan rings is 1. The zero-order valence-corrected chi connectivity index (χ0v) is 15.8. The van der Waals surface area contributed by atoms with Crippen LogP contribution in [0.5, 0.6) is 0 Å². The van der Waals surface area contributed by atoms with Crippen LogP contribution >= 0.6 is 23.2 Å². The van der Waals surface area contributed by atoms with Crippen LogP contribution in [0.15, 0.2) is 46.0 Å². The predicted octanol–water partition coefficient (Wildman–Crippen LogP) is 4.15. The molecule has 3 N–H and O–H groups in total. The van der Waals surface area contributed by atoms with Gasteiger partial charge in [0.1, 0.15) is 28.6 Å². The van der Waals surface area contributed by atoms with Gasteiger partial charge < -0.3 is 14.9 Å². The van der Waals surface area contributed by atoms with Crippen molar-refractivity contribution in [3.05, 3.63) is 63.6 Å². The van der Waals surface area contributed by atoms with Crippen LogP contribution in [0.4, 0.5) is 0 Å². The minimum absolute atomic E-state index is 0.281. The Morgan fingerprint density at radius 3 is 2.81 bits per heavy atom. The van der Waals surface area contributed by atoms with Crippen molar-refractivity contribution in [2.45, 2.75) is 13.3 Å². The number of benzene rings is 1. The lowest BCUT2D eigenvalue weighted by Gasteiger charge is -2.02. The number of H-pyrrole nitrogens is 1. The first-order valence-corrected chi connectivity index (χ1v) is 8.80. The predicted molar refractivity (Wildman–Crippen MR) is 103 cm³/mol. The maximum absolute atomic E-state index is 12.1. The molecule has 9 heteroatoms. The van der Waals surface area contributed by atoms with Crippen LogP contribution in [0.1, 0.15) is 28.9 Å². The Kier molecular flexibility index (Phi) is 5.83. The highest BCUT2D eigenvalue weighted by molar-refractivity contribution is 6.42. The number of rotatable bonds is 6. The second kappa shape index (κ2) is 8.28. The van der Waals surface area contributed by atoms with E-state index < -0.39 is 0 Å². The quantitative estimate of drug-likeness (QED) is 0.325. The van der Waals surface area contributed by atoms with Crippen molar-refractivity contribution in [1.29, 1.82) is 0 Å². The summed E-state index contributed by atoms with van der Waals surface area (Å²) in [7, 11) is 0. The number of carbonyl (C=O) groups is 1. The number of halogens is 2. The smallest absolute Gasteiger partial charge is 0.269 e. The Morgan fingerprint density at radius 2 is 2.07 bits per heavy atom. The summed E-state index contributed by atoms with van der Waals surface area (Å²) in [6.45, 7) is 1.97. The van der Waals surface area contributed by atoms with Crippen molar-refractivity contribution in [1.82, 2.24) is 15.5 Å². The van der Waals surface area contributed by atoms with Crippen LogP contribution in [0.2, 0.25) is 10.0 Å². The topological polar surface area (TPSA) is 104 Å². The lowest BCUT2D eigenvalue weighted by atomic mass is 10.2. The van der Waals surface area contributed by atoms with Gasteiger partial charge in [-0.05, 0) is 43.3 Å². The molecule has 0 spiro atoms. The molecule has 0 aliphatic rings. The Labute approximate surface area is 165 Å². The fraction of sp³-hybridized carbons (Fsp3) is 0.167. The van der Waals surface area contributed by atoms with E-state index in [2.05, 4.69) is 20.7 Å². The number of nitrogens with one attached hydrogen (secondary N) is 2. The first kappa shape index (κ1) is 19.0. The molecule has 0 fully saturated rings. The fourth-order valence-electron chi connectivity index (χ4n) is 2.39. The maximum Gasteiger partial charge on any atom is 0.269 e. The van der Waals surface area contributed by atoms with E-state index in [1.54, 1.807) is 19.1 Å². The Balaban J connectivity index is 1.56. The minimum Gasteiger partial charge on any atom is -0.461 e. The van der Waals surface area contributed by atoms with Crippen LogP contribution < -0.4 is 5.32 Å². The molecule has 0 bridgehead atoms. The van der Waals surface area contributed by atoms with Gasteiger partial charge in [0.15, 0.2) is 0 Å². The standard InChI is InChI=1S/C18H16Cl2N4O3/c1-10(24-26)15-9-16(23-22-15)18(25)21-7-6-12-3-5-17(27-12)11-2-4-13(19)14(20)8-11/h2-5,8-9,26H,6-7H2,1H3,(H,21,25)(H,22,23). The van der Waals surface area contributed by atoms with Crippen molar-refractivity contribution >= 4 is 34.8 Å². The summed E-state index contributed by atoms with van der Waals surface area (Å²) >= 11 is 11.9. The average Bonchev–Trinajstić information content (AvgIpc) is 3.33. The van der Waals surface area contributed by atoms with Crippen molar-refractivity contribution in [2.24, 2.45) is 5.16 Å². The van der Waals surface area contributed by atoms with E-state index >= 15 is 0 Å². The summed E-state index contributed by atoms with van der Waals surface area (Å²) in [4.78, 5) is 12.1. The van der Waals surface area contributed by atoms with Gasteiger partial charge in [-0.15, -0.1) is 0 Å². The highest BCUT2D eigenvalue weighted by atomic mass is 35.5. The average molecular weight is 407 g/mol. The second-order valence-corrected chi connectivity index (χ2v) is 6.57. The van der Waals surface area contributed by atoms with Gasteiger partial charge in [-0.2, -0.15) is 5.10 Å². The molecule has 0 atom stereocenters. The normalized spacial score (nSPS) is 11.6. The van der Waals surface area contributed by atoms with Crippen LogP contribution in [0.25, 0.3) is 11.3 Å². The van der Waals surface area contributed by atoms with Crippen LogP contribution in [0.3, 0.4) is 0 Å². The highest BCUT2D eigenvalue weighted by Crippen LogP contribution is 2.29. The van der Waals surface area contributed by atoms with E-state index in [-0.39, 0.29) is 11.6 Å². The van der Waals surface area contributed by atoms with Crippen molar-refractivity contribution in [3.8, 4) is 11.3 Å². The summed E-state index contributed by atoms with van der Waals surface area (Å²) in [5, 5.41) is 22.0. The molecule has 3 aromatic rings. The lowest BCUT2D eigenvalue weighted by molar-refractivity contribution is 0.0948. The molecule has 140 valence electrons. The SMILES string of the molecule is CC(=NO)c1cc(C(=O)NCCc2ccc(-c3ccc(Cl)c(Cl)c3)o2)[nH]n1. The third kappa shape index (κ3) is 4.50. The molecule has 2 heterocycles. The van der Waals surface area contributed by atoms with Gasteiger partial charge in [-0.25, -0.2) is 0 Å². The molecule has 2 aromatic heterocycles. The minimum atomic E-state index is -0.309. The van der Waals surface area contributed by atoms with Crippen molar-refractivity contribution < 1.29 is 14.4 Å². The first-order valence-electron chi connectivity index (χ1n) is 8.04. The van der Waals surface area contributed by atoms with Gasteiger partial charge in [0.2, 0.25) is 0 Å². The summed E-state index contributed by atoms with van der Waals surface area (Å²) in [6.07, 6.45) is 0.519. The number of aromatic amines is 1. The Bertz CT molecular complexity index is 994. The summed E-state index contributed by atoms with van der Waals surface area (Å²) in [5.74, 6) is 1.09. The molecule has 0 aliphatic carbocycles. The second-order valence-electron chi connectivity index (χ2n) is 5.75. The molecule has 7 nitrogen and oxygen atoms in total. The van der Waals surface area contributed by atoms with Crippen molar-refractivity contribution in [2.75, 3.05) is 6.54 Å². The van der Waals surface area contributed by atoms with Crippen LogP contribution in [-0.2, 0) is 6.42 Å². The lowest BCUT2D eigenvalue weighted by Crippen LogP contribution is -2.25. The number of amides is 1. The summed E-state index contributed by atoms with van der Waals surface area (Å²) in [6, 6.07) is 10.5. The van der Waals surface area contributed by atoms with Crippen molar-refractivity contribution in [3.63, 3.8) is 0 Å². The molecule has 0 radical (unpaired) electrons. The number of hydrogen-bond acceptors (Lipinski definition) is 5. The zero-order chi connectivity index (χ0) is 19.4. The highest BCUT2D eigenvalue weighted by Gasteiger charge is 2.12. The van der Waals surface area contributed by atoms with Gasteiger partial charge in [0.25, 0.3) is 5.91 Å². The van der Waals surface area contributed by atoms with Gasteiger partial charge in [-0.1, -0.05) is 28.4 Å². The maximum atomic E-state index is 12.1. The molecule has 1 amide bonds. The van der Waals surface area contributed by atoms with Crippen LogP contribution in [-0.4, -0.2) is 33.6 Å². The van der Waals surface area contributed by atoms with Gasteiger partial charge in [0, 0.05) is 18.5 Å². The van der Waals surface area contributed by atoms with Gasteiger partial charge in [-0.3, -0.25) is 9.89 Å². The van der Waals surface area contributed by atoms with Gasteiger partial charge in [0.05, 0.1) is 10.0 Å². The van der Waals surface area contributed by atoms with E-state index in [4.69, 9.17) is 32.8 Å². The first-order chi connectivity index (χ1) is 13.0.